The molecule has 2 rings (SSSR count). The van der Waals surface area contributed by atoms with Crippen molar-refractivity contribution in [3.05, 3.63) is 24.0 Å². The highest BCUT2D eigenvalue weighted by atomic mass is 32.2. The molecule has 0 unspecified atom stereocenters. The van der Waals surface area contributed by atoms with E-state index in [1.807, 2.05) is 29.8 Å². The zero-order chi connectivity index (χ0) is 8.55. The first-order chi connectivity index (χ1) is 5.81. The molecule has 2 heterocycles. The molecule has 0 aromatic carbocycles. The lowest BCUT2D eigenvalue weighted by Crippen LogP contribution is -1.95. The van der Waals surface area contributed by atoms with Crippen molar-refractivity contribution in [3.63, 3.8) is 0 Å². The maximum atomic E-state index is 4.33. The van der Waals surface area contributed by atoms with Gasteiger partial charge in [-0.05, 0) is 19.2 Å². The molecule has 62 valence electrons. The van der Waals surface area contributed by atoms with Crippen molar-refractivity contribution >= 4 is 17.4 Å². The summed E-state index contributed by atoms with van der Waals surface area (Å²) in [6, 6.07) is 3.94. The zero-order valence-corrected chi connectivity index (χ0v) is 7.80. The van der Waals surface area contributed by atoms with Gasteiger partial charge < -0.3 is 0 Å². The monoisotopic (exact) mass is 179 g/mol. The molecule has 0 amide bonds. The third-order valence-electron chi connectivity index (χ3n) is 1.66. The molecule has 0 atom stereocenters. The summed E-state index contributed by atoms with van der Waals surface area (Å²) in [5, 5.41) is 5.29. The van der Waals surface area contributed by atoms with Gasteiger partial charge in [-0.15, -0.1) is 11.8 Å². The van der Waals surface area contributed by atoms with Gasteiger partial charge in [0.25, 0.3) is 0 Å². The summed E-state index contributed by atoms with van der Waals surface area (Å²) < 4.78 is 1.84. The first-order valence-electron chi connectivity index (χ1n) is 3.66. The van der Waals surface area contributed by atoms with Crippen LogP contribution >= 0.6 is 11.8 Å². The van der Waals surface area contributed by atoms with Crippen molar-refractivity contribution in [1.82, 2.24) is 14.6 Å². The minimum atomic E-state index is 0.916. The molecule has 2 aromatic rings. The summed E-state index contributed by atoms with van der Waals surface area (Å²) in [7, 11) is 0. The third kappa shape index (κ3) is 1.08. The number of fused-ring (bicyclic) bond motifs is 1. The van der Waals surface area contributed by atoms with Gasteiger partial charge in [0.05, 0.1) is 6.20 Å². The molecule has 12 heavy (non-hydrogen) atoms. The van der Waals surface area contributed by atoms with E-state index in [1.165, 1.54) is 0 Å². The van der Waals surface area contributed by atoms with Crippen LogP contribution in [0.1, 0.15) is 5.69 Å². The van der Waals surface area contributed by atoms with Gasteiger partial charge in [-0.2, -0.15) is 5.10 Å². The predicted octanol–water partition coefficient (Wildman–Crippen LogP) is 1.76. The van der Waals surface area contributed by atoms with Crippen molar-refractivity contribution in [1.29, 1.82) is 0 Å². The molecular formula is C8H9N3S. The number of thioether (sulfide) groups is 1. The van der Waals surface area contributed by atoms with E-state index in [9.17, 15) is 0 Å². The zero-order valence-electron chi connectivity index (χ0n) is 6.98. The maximum Gasteiger partial charge on any atom is 0.156 e. The van der Waals surface area contributed by atoms with Crippen LogP contribution in [-0.2, 0) is 0 Å². The molecule has 0 aliphatic heterocycles. The molecule has 0 spiro atoms. The van der Waals surface area contributed by atoms with Gasteiger partial charge >= 0.3 is 0 Å². The minimum Gasteiger partial charge on any atom is -0.234 e. The van der Waals surface area contributed by atoms with Gasteiger partial charge in [0.2, 0.25) is 0 Å². The van der Waals surface area contributed by atoms with Gasteiger partial charge in [0.1, 0.15) is 5.03 Å². The van der Waals surface area contributed by atoms with E-state index in [-0.39, 0.29) is 0 Å². The standard InChI is InChI=1S/C8H9N3S/c1-6-5-8(12-2)11-7(10-6)3-4-9-11/h3-5H,1-2H3. The number of rotatable bonds is 1. The molecule has 4 heteroatoms. The Hall–Kier alpha value is -1.03. The van der Waals surface area contributed by atoms with Crippen molar-refractivity contribution in [3.8, 4) is 0 Å². The smallest absolute Gasteiger partial charge is 0.156 e. The highest BCUT2D eigenvalue weighted by Gasteiger charge is 2.01. The Bertz CT molecular complexity index is 408. The topological polar surface area (TPSA) is 30.2 Å². The van der Waals surface area contributed by atoms with Gasteiger partial charge in [-0.1, -0.05) is 0 Å². The fourth-order valence-electron chi connectivity index (χ4n) is 1.15. The van der Waals surface area contributed by atoms with Crippen LogP contribution in [0, 0.1) is 6.92 Å². The van der Waals surface area contributed by atoms with E-state index >= 15 is 0 Å². The van der Waals surface area contributed by atoms with Crippen LogP contribution in [0.25, 0.3) is 5.65 Å². The SMILES string of the molecule is CSc1cc(C)nc2ccnn12. The molecule has 0 bridgehead atoms. The van der Waals surface area contributed by atoms with Crippen LogP contribution in [0.15, 0.2) is 23.4 Å². The molecule has 0 saturated heterocycles. The number of aryl methyl sites for hydroxylation is 1. The maximum absolute atomic E-state index is 4.33. The highest BCUT2D eigenvalue weighted by molar-refractivity contribution is 7.98. The van der Waals surface area contributed by atoms with Crippen molar-refractivity contribution in [2.75, 3.05) is 6.26 Å². The second kappa shape index (κ2) is 2.79. The number of hydrogen-bond acceptors (Lipinski definition) is 3. The molecule has 0 aliphatic carbocycles. The van der Waals surface area contributed by atoms with E-state index in [0.29, 0.717) is 0 Å². The van der Waals surface area contributed by atoms with E-state index in [2.05, 4.69) is 10.1 Å². The van der Waals surface area contributed by atoms with E-state index < -0.39 is 0 Å². The fraction of sp³-hybridized carbons (Fsp3) is 0.250. The van der Waals surface area contributed by atoms with Gasteiger partial charge in [-0.3, -0.25) is 0 Å². The summed E-state index contributed by atoms with van der Waals surface area (Å²) in [5.41, 5.74) is 1.95. The number of aromatic nitrogens is 3. The van der Waals surface area contributed by atoms with E-state index in [0.717, 1.165) is 16.4 Å². The molecule has 3 nitrogen and oxygen atoms in total. The quantitative estimate of drug-likeness (QED) is 0.493. The first-order valence-corrected chi connectivity index (χ1v) is 4.89. The van der Waals surface area contributed by atoms with Crippen molar-refractivity contribution in [2.45, 2.75) is 11.9 Å². The lowest BCUT2D eigenvalue weighted by Gasteiger charge is -2.01. The summed E-state index contributed by atoms with van der Waals surface area (Å²) in [4.78, 5) is 4.33. The Morgan fingerprint density at radius 3 is 3.08 bits per heavy atom. The average Bonchev–Trinajstić information content (AvgIpc) is 2.50. The molecule has 0 fully saturated rings. The second-order valence-corrected chi connectivity index (χ2v) is 3.37. The molecule has 0 radical (unpaired) electrons. The Labute approximate surface area is 74.8 Å². The summed E-state index contributed by atoms with van der Waals surface area (Å²) in [5.74, 6) is 0. The van der Waals surface area contributed by atoms with Crippen molar-refractivity contribution in [2.24, 2.45) is 0 Å². The van der Waals surface area contributed by atoms with Crippen molar-refractivity contribution < 1.29 is 0 Å². The molecule has 0 aliphatic rings. The number of hydrogen-bond donors (Lipinski definition) is 0. The van der Waals surface area contributed by atoms with Crippen LogP contribution in [0.3, 0.4) is 0 Å². The van der Waals surface area contributed by atoms with Gasteiger partial charge in [0, 0.05) is 11.8 Å². The first kappa shape index (κ1) is 7.61. The summed E-state index contributed by atoms with van der Waals surface area (Å²) in [6.45, 7) is 1.99. The van der Waals surface area contributed by atoms with E-state index in [4.69, 9.17) is 0 Å². The second-order valence-electron chi connectivity index (χ2n) is 2.54. The minimum absolute atomic E-state index is 0.916. The van der Waals surface area contributed by atoms with Crippen LogP contribution in [0.2, 0.25) is 0 Å². The number of nitrogens with zero attached hydrogens (tertiary/aromatic N) is 3. The largest absolute Gasteiger partial charge is 0.234 e. The Balaban J connectivity index is 2.80. The average molecular weight is 179 g/mol. The highest BCUT2D eigenvalue weighted by Crippen LogP contribution is 2.15. The Kier molecular flexibility index (Phi) is 1.77. The third-order valence-corrected chi connectivity index (χ3v) is 2.37. The van der Waals surface area contributed by atoms with Crippen LogP contribution in [-0.4, -0.2) is 20.9 Å². The molecule has 0 N–H and O–H groups in total. The summed E-state index contributed by atoms with van der Waals surface area (Å²) in [6.07, 6.45) is 3.80. The molecule has 2 aromatic heterocycles. The van der Waals surface area contributed by atoms with Crippen LogP contribution in [0.5, 0.6) is 0 Å². The van der Waals surface area contributed by atoms with Crippen LogP contribution < -0.4 is 0 Å². The molecular weight excluding hydrogens is 170 g/mol. The molecule has 0 saturated carbocycles. The summed E-state index contributed by atoms with van der Waals surface area (Å²) >= 11 is 1.68. The fourth-order valence-corrected chi connectivity index (χ4v) is 1.75. The van der Waals surface area contributed by atoms with E-state index in [1.54, 1.807) is 18.0 Å². The lowest BCUT2D eigenvalue weighted by atomic mass is 10.4. The van der Waals surface area contributed by atoms with Crippen LogP contribution in [0.4, 0.5) is 0 Å². The predicted molar refractivity (Wildman–Crippen MR) is 49.5 cm³/mol. The Morgan fingerprint density at radius 1 is 1.50 bits per heavy atom. The van der Waals surface area contributed by atoms with Gasteiger partial charge in [-0.25, -0.2) is 9.50 Å². The lowest BCUT2D eigenvalue weighted by molar-refractivity contribution is 0.836. The normalized spacial score (nSPS) is 10.8. The van der Waals surface area contributed by atoms with Gasteiger partial charge in [0.15, 0.2) is 5.65 Å². The Morgan fingerprint density at radius 2 is 2.33 bits per heavy atom.